The largest absolute Gasteiger partial charge is 0.462 e. The van der Waals surface area contributed by atoms with Crippen molar-refractivity contribution >= 4 is 21.9 Å². The monoisotopic (exact) mass is 317 g/mol. The molecule has 0 aliphatic rings. The fourth-order valence-electron chi connectivity index (χ4n) is 1.40. The summed E-state index contributed by atoms with van der Waals surface area (Å²) in [5, 5.41) is 0. The van der Waals surface area contributed by atoms with Crippen LogP contribution in [-0.4, -0.2) is 30.4 Å². The Balaban J connectivity index is 2.57. The van der Waals surface area contributed by atoms with Gasteiger partial charge in [0.05, 0.1) is 6.61 Å². The maximum Gasteiger partial charge on any atom is 0.326 e. The Hall–Kier alpha value is -1.14. The molecule has 0 atom stereocenters. The minimum atomic E-state index is -0.450. The fourth-order valence-corrected chi connectivity index (χ4v) is 1.99. The van der Waals surface area contributed by atoms with Gasteiger partial charge in [0, 0.05) is 22.8 Å². The molecular weight excluding hydrogens is 302 g/mol. The summed E-state index contributed by atoms with van der Waals surface area (Å²) >= 11 is 3.28. The van der Waals surface area contributed by atoms with E-state index in [2.05, 4.69) is 15.9 Å². The first kappa shape index (κ1) is 14.9. The standard InChI is InChI=1S/C12H16BrNO4/c1-3-17-4-5-18-11(15)8-14-7-10(13)6-9(2)12(14)16/h6-7H,3-5,8H2,1-2H3. The molecule has 0 radical (unpaired) electrons. The van der Waals surface area contributed by atoms with Crippen LogP contribution < -0.4 is 5.56 Å². The molecule has 0 saturated carbocycles. The third kappa shape index (κ3) is 4.62. The van der Waals surface area contributed by atoms with E-state index in [9.17, 15) is 9.59 Å². The third-order valence-corrected chi connectivity index (χ3v) is 2.66. The second-order valence-electron chi connectivity index (χ2n) is 3.69. The Morgan fingerprint density at radius 2 is 2.17 bits per heavy atom. The van der Waals surface area contributed by atoms with Gasteiger partial charge in [-0.2, -0.15) is 0 Å². The van der Waals surface area contributed by atoms with E-state index in [0.29, 0.717) is 18.8 Å². The van der Waals surface area contributed by atoms with Gasteiger partial charge in [-0.1, -0.05) is 0 Å². The smallest absolute Gasteiger partial charge is 0.326 e. The van der Waals surface area contributed by atoms with Crippen LogP contribution in [0.25, 0.3) is 0 Å². The lowest BCUT2D eigenvalue weighted by Crippen LogP contribution is -2.27. The third-order valence-electron chi connectivity index (χ3n) is 2.23. The summed E-state index contributed by atoms with van der Waals surface area (Å²) in [6, 6.07) is 1.71. The van der Waals surface area contributed by atoms with Crippen LogP contribution in [0.15, 0.2) is 21.5 Å². The lowest BCUT2D eigenvalue weighted by molar-refractivity contribution is -0.145. The van der Waals surface area contributed by atoms with E-state index >= 15 is 0 Å². The Bertz CT molecular complexity index is 470. The van der Waals surface area contributed by atoms with E-state index in [0.717, 1.165) is 4.47 Å². The molecule has 0 saturated heterocycles. The van der Waals surface area contributed by atoms with Crippen LogP contribution in [0.3, 0.4) is 0 Å². The Kier molecular flexibility index (Phi) is 6.07. The number of aromatic nitrogens is 1. The molecule has 0 N–H and O–H groups in total. The maximum absolute atomic E-state index is 11.7. The van der Waals surface area contributed by atoms with Crippen LogP contribution in [0.2, 0.25) is 0 Å². The quantitative estimate of drug-likeness (QED) is 0.589. The molecule has 1 aromatic rings. The van der Waals surface area contributed by atoms with Crippen molar-refractivity contribution in [3.05, 3.63) is 32.7 Å². The maximum atomic E-state index is 11.7. The number of halogens is 1. The summed E-state index contributed by atoms with van der Waals surface area (Å²) in [4.78, 5) is 23.2. The van der Waals surface area contributed by atoms with Gasteiger partial charge in [-0.3, -0.25) is 9.59 Å². The number of nitrogens with zero attached hydrogens (tertiary/aromatic N) is 1. The van der Waals surface area contributed by atoms with Gasteiger partial charge in [0.2, 0.25) is 0 Å². The highest BCUT2D eigenvalue weighted by molar-refractivity contribution is 9.10. The summed E-state index contributed by atoms with van der Waals surface area (Å²) in [6.07, 6.45) is 1.57. The minimum absolute atomic E-state index is 0.0920. The molecule has 0 amide bonds. The highest BCUT2D eigenvalue weighted by atomic mass is 79.9. The van der Waals surface area contributed by atoms with E-state index in [1.807, 2.05) is 6.92 Å². The van der Waals surface area contributed by atoms with Crippen molar-refractivity contribution in [2.45, 2.75) is 20.4 Å². The second kappa shape index (κ2) is 7.33. The molecule has 0 unspecified atom stereocenters. The number of carbonyl (C=O) groups excluding carboxylic acids is 1. The minimum Gasteiger partial charge on any atom is -0.462 e. The Labute approximate surface area is 114 Å². The van der Waals surface area contributed by atoms with Gasteiger partial charge in [0.1, 0.15) is 13.2 Å². The van der Waals surface area contributed by atoms with E-state index in [-0.39, 0.29) is 18.7 Å². The number of hydrogen-bond acceptors (Lipinski definition) is 4. The summed E-state index contributed by atoms with van der Waals surface area (Å²) in [5.41, 5.74) is 0.381. The van der Waals surface area contributed by atoms with Gasteiger partial charge in [-0.25, -0.2) is 0 Å². The van der Waals surface area contributed by atoms with Gasteiger partial charge >= 0.3 is 5.97 Å². The topological polar surface area (TPSA) is 57.5 Å². The number of ether oxygens (including phenoxy) is 2. The molecule has 18 heavy (non-hydrogen) atoms. The number of carbonyl (C=O) groups is 1. The first-order chi connectivity index (χ1) is 8.54. The van der Waals surface area contributed by atoms with Gasteiger partial charge in [0.25, 0.3) is 5.56 Å². The van der Waals surface area contributed by atoms with E-state index in [4.69, 9.17) is 9.47 Å². The fraction of sp³-hybridized carbons (Fsp3) is 0.500. The predicted octanol–water partition coefficient (Wildman–Crippen LogP) is 1.50. The molecule has 1 heterocycles. The second-order valence-corrected chi connectivity index (χ2v) is 4.61. The van der Waals surface area contributed by atoms with Crippen LogP contribution in [0.1, 0.15) is 12.5 Å². The molecule has 0 aliphatic carbocycles. The Morgan fingerprint density at radius 1 is 1.44 bits per heavy atom. The highest BCUT2D eigenvalue weighted by Crippen LogP contribution is 2.07. The number of hydrogen-bond donors (Lipinski definition) is 0. The van der Waals surface area contributed by atoms with E-state index in [1.54, 1.807) is 19.2 Å². The zero-order valence-electron chi connectivity index (χ0n) is 10.4. The highest BCUT2D eigenvalue weighted by Gasteiger charge is 2.08. The number of esters is 1. The first-order valence-electron chi connectivity index (χ1n) is 5.64. The van der Waals surface area contributed by atoms with Gasteiger partial charge in [0.15, 0.2) is 0 Å². The molecule has 100 valence electrons. The molecule has 0 aliphatic heterocycles. The lowest BCUT2D eigenvalue weighted by Gasteiger charge is -2.08. The van der Waals surface area contributed by atoms with Crippen LogP contribution in [-0.2, 0) is 20.8 Å². The molecule has 0 fully saturated rings. The average Bonchev–Trinajstić information content (AvgIpc) is 2.31. The van der Waals surface area contributed by atoms with Crippen LogP contribution >= 0.6 is 15.9 Å². The average molecular weight is 318 g/mol. The molecule has 1 aromatic heterocycles. The molecule has 6 heteroatoms. The van der Waals surface area contributed by atoms with Gasteiger partial charge < -0.3 is 14.0 Å². The van der Waals surface area contributed by atoms with Crippen molar-refractivity contribution in [2.24, 2.45) is 0 Å². The number of pyridine rings is 1. The Morgan fingerprint density at radius 3 is 2.83 bits per heavy atom. The van der Waals surface area contributed by atoms with Crippen LogP contribution in [0, 0.1) is 6.92 Å². The van der Waals surface area contributed by atoms with E-state index < -0.39 is 5.97 Å². The van der Waals surface area contributed by atoms with Gasteiger partial charge in [-0.05, 0) is 35.8 Å². The molecule has 0 bridgehead atoms. The summed E-state index contributed by atoms with van der Waals surface area (Å²) in [7, 11) is 0. The van der Waals surface area contributed by atoms with Crippen molar-refractivity contribution in [1.82, 2.24) is 4.57 Å². The van der Waals surface area contributed by atoms with Crippen LogP contribution in [0.5, 0.6) is 0 Å². The zero-order valence-corrected chi connectivity index (χ0v) is 12.0. The van der Waals surface area contributed by atoms with E-state index in [1.165, 1.54) is 4.57 Å². The lowest BCUT2D eigenvalue weighted by atomic mass is 10.3. The molecular formula is C12H16BrNO4. The van der Waals surface area contributed by atoms with Crippen molar-refractivity contribution in [1.29, 1.82) is 0 Å². The summed E-state index contributed by atoms with van der Waals surface area (Å²) in [6.45, 7) is 4.63. The predicted molar refractivity (Wildman–Crippen MR) is 70.6 cm³/mol. The molecule has 1 rings (SSSR count). The summed E-state index contributed by atoms with van der Waals surface area (Å²) in [5.74, 6) is -0.450. The van der Waals surface area contributed by atoms with Crippen molar-refractivity contribution in [2.75, 3.05) is 19.8 Å². The molecule has 0 aromatic carbocycles. The van der Waals surface area contributed by atoms with Crippen molar-refractivity contribution in [3.8, 4) is 0 Å². The zero-order chi connectivity index (χ0) is 13.5. The van der Waals surface area contributed by atoms with Gasteiger partial charge in [-0.15, -0.1) is 0 Å². The molecule has 5 nitrogen and oxygen atoms in total. The van der Waals surface area contributed by atoms with Crippen molar-refractivity contribution in [3.63, 3.8) is 0 Å². The number of aryl methyl sites for hydroxylation is 1. The summed E-state index contributed by atoms with van der Waals surface area (Å²) < 4.78 is 12.1. The van der Waals surface area contributed by atoms with Crippen LogP contribution in [0.4, 0.5) is 0 Å². The first-order valence-corrected chi connectivity index (χ1v) is 6.44. The SMILES string of the molecule is CCOCCOC(=O)Cn1cc(Br)cc(C)c1=O. The normalized spacial score (nSPS) is 10.4. The molecule has 0 spiro atoms. The number of rotatable bonds is 6. The van der Waals surface area contributed by atoms with Crippen molar-refractivity contribution < 1.29 is 14.3 Å².